The maximum absolute atomic E-state index is 13.3. The summed E-state index contributed by atoms with van der Waals surface area (Å²) in [5.41, 5.74) is 1.95. The van der Waals surface area contributed by atoms with Crippen LogP contribution in [-0.4, -0.2) is 25.9 Å². The highest BCUT2D eigenvalue weighted by atomic mass is 35.5. The fraction of sp³-hybridized carbons (Fsp3) is 0.227. The molecule has 0 saturated carbocycles. The van der Waals surface area contributed by atoms with Gasteiger partial charge >= 0.3 is 6.03 Å². The second-order valence-electron chi connectivity index (χ2n) is 7.43. The first-order valence-electron chi connectivity index (χ1n) is 9.64. The molecule has 2 aromatic carbocycles. The number of rotatable bonds is 2. The Morgan fingerprint density at radius 1 is 1.00 bits per heavy atom. The van der Waals surface area contributed by atoms with E-state index in [1.54, 1.807) is 4.90 Å². The predicted molar refractivity (Wildman–Crippen MR) is 114 cm³/mol. The van der Waals surface area contributed by atoms with E-state index in [0.29, 0.717) is 48.0 Å². The lowest BCUT2D eigenvalue weighted by molar-refractivity contribution is 0.171. The molecule has 3 aliphatic heterocycles. The van der Waals surface area contributed by atoms with Crippen molar-refractivity contribution in [2.45, 2.75) is 12.1 Å². The standard InChI is InChI=1S/C22H17ClN2O4S/c23-20-6-5-13(30-20)11-25-16-4-2-1-3-14(16)22(24-21(25)26)12-29-17-10-19-18(9-15(17)22)27-7-8-28-19/h1-6,9-10H,7-8,11-12H2,(H,24,26). The Morgan fingerprint density at radius 2 is 1.80 bits per heavy atom. The van der Waals surface area contributed by atoms with Gasteiger partial charge in [0.05, 0.1) is 16.6 Å². The fourth-order valence-electron chi connectivity index (χ4n) is 4.36. The summed E-state index contributed by atoms with van der Waals surface area (Å²) in [6, 6.07) is 15.3. The number of nitrogens with one attached hydrogen (secondary N) is 1. The van der Waals surface area contributed by atoms with Crippen LogP contribution in [0.15, 0.2) is 48.5 Å². The van der Waals surface area contributed by atoms with E-state index in [2.05, 4.69) is 5.32 Å². The van der Waals surface area contributed by atoms with Gasteiger partial charge < -0.3 is 19.5 Å². The van der Waals surface area contributed by atoms with Gasteiger partial charge in [-0.25, -0.2) is 4.79 Å². The molecule has 6 rings (SSSR count). The van der Waals surface area contributed by atoms with E-state index in [1.165, 1.54) is 11.3 Å². The highest BCUT2D eigenvalue weighted by Gasteiger charge is 2.50. The molecule has 6 nitrogen and oxygen atoms in total. The summed E-state index contributed by atoms with van der Waals surface area (Å²) in [6.07, 6.45) is 0. The van der Waals surface area contributed by atoms with Crippen LogP contribution in [0.1, 0.15) is 16.0 Å². The van der Waals surface area contributed by atoms with E-state index >= 15 is 0 Å². The number of amides is 2. The molecule has 4 heterocycles. The first kappa shape index (κ1) is 17.9. The third kappa shape index (κ3) is 2.58. The van der Waals surface area contributed by atoms with Gasteiger partial charge in [-0.1, -0.05) is 29.8 Å². The monoisotopic (exact) mass is 440 g/mol. The molecule has 1 spiro atoms. The van der Waals surface area contributed by atoms with Gasteiger partial charge in [-0.2, -0.15) is 0 Å². The van der Waals surface area contributed by atoms with Crippen LogP contribution in [0, 0.1) is 0 Å². The SMILES string of the molecule is O=C1NC2(COc3cc4c(cc32)OCCO4)c2ccccc2N1Cc1ccc(Cl)s1. The van der Waals surface area contributed by atoms with Gasteiger partial charge in [0.15, 0.2) is 11.5 Å². The maximum atomic E-state index is 13.3. The summed E-state index contributed by atoms with van der Waals surface area (Å²) in [6.45, 7) is 1.77. The molecule has 0 fully saturated rings. The number of anilines is 1. The van der Waals surface area contributed by atoms with Gasteiger partial charge in [-0.05, 0) is 24.3 Å². The number of hydrogen-bond donors (Lipinski definition) is 1. The molecule has 0 saturated heterocycles. The number of carbonyl (C=O) groups excluding carboxylic acids is 1. The molecule has 3 aromatic rings. The first-order valence-corrected chi connectivity index (χ1v) is 10.8. The van der Waals surface area contributed by atoms with Gasteiger partial charge in [-0.3, -0.25) is 4.90 Å². The summed E-state index contributed by atoms with van der Waals surface area (Å²) >= 11 is 7.56. The minimum atomic E-state index is -0.775. The van der Waals surface area contributed by atoms with E-state index in [1.807, 2.05) is 48.5 Å². The fourth-order valence-corrected chi connectivity index (χ4v) is 5.44. The van der Waals surface area contributed by atoms with Gasteiger partial charge in [0, 0.05) is 22.1 Å². The second-order valence-corrected chi connectivity index (χ2v) is 9.22. The number of hydrogen-bond acceptors (Lipinski definition) is 5. The summed E-state index contributed by atoms with van der Waals surface area (Å²) in [7, 11) is 0. The molecule has 3 aliphatic rings. The quantitative estimate of drug-likeness (QED) is 0.635. The van der Waals surface area contributed by atoms with Crippen molar-refractivity contribution in [3.63, 3.8) is 0 Å². The Kier molecular flexibility index (Phi) is 3.91. The maximum Gasteiger partial charge on any atom is 0.323 e. The molecule has 1 atom stereocenters. The zero-order valence-electron chi connectivity index (χ0n) is 15.8. The number of fused-ring (bicyclic) bond motifs is 5. The Bertz CT molecular complexity index is 1180. The van der Waals surface area contributed by atoms with Crippen LogP contribution in [-0.2, 0) is 12.1 Å². The predicted octanol–water partition coefficient (Wildman–Crippen LogP) is 4.54. The molecule has 1 unspecified atom stereocenters. The van der Waals surface area contributed by atoms with Crippen molar-refractivity contribution in [3.05, 3.63) is 68.9 Å². The molecule has 0 radical (unpaired) electrons. The molecular formula is C22H17ClN2O4S. The molecule has 0 aliphatic carbocycles. The molecule has 0 bridgehead atoms. The molecule has 30 heavy (non-hydrogen) atoms. The average molecular weight is 441 g/mol. The Morgan fingerprint density at radius 3 is 2.60 bits per heavy atom. The molecule has 152 valence electrons. The van der Waals surface area contributed by atoms with Crippen LogP contribution in [0.25, 0.3) is 0 Å². The summed E-state index contributed by atoms with van der Waals surface area (Å²) in [4.78, 5) is 16.1. The topological polar surface area (TPSA) is 60.0 Å². The molecule has 1 aromatic heterocycles. The van der Waals surface area contributed by atoms with Crippen molar-refractivity contribution < 1.29 is 19.0 Å². The van der Waals surface area contributed by atoms with Crippen molar-refractivity contribution in [2.24, 2.45) is 0 Å². The van der Waals surface area contributed by atoms with Crippen LogP contribution in [0.2, 0.25) is 4.34 Å². The number of urea groups is 1. The second kappa shape index (κ2) is 6.55. The van der Waals surface area contributed by atoms with E-state index in [0.717, 1.165) is 21.7 Å². The number of nitrogens with zero attached hydrogens (tertiary/aromatic N) is 1. The molecular weight excluding hydrogens is 424 g/mol. The smallest absolute Gasteiger partial charge is 0.323 e. The average Bonchev–Trinajstić information content (AvgIpc) is 3.33. The number of ether oxygens (including phenoxy) is 3. The van der Waals surface area contributed by atoms with Crippen LogP contribution in [0.3, 0.4) is 0 Å². The van der Waals surface area contributed by atoms with Crippen LogP contribution in [0.4, 0.5) is 10.5 Å². The third-order valence-corrected chi connectivity index (χ3v) is 6.93. The molecule has 8 heteroatoms. The lowest BCUT2D eigenvalue weighted by atomic mass is 9.81. The van der Waals surface area contributed by atoms with Gasteiger partial charge in [-0.15, -0.1) is 11.3 Å². The first-order chi connectivity index (χ1) is 14.6. The highest BCUT2D eigenvalue weighted by molar-refractivity contribution is 7.16. The van der Waals surface area contributed by atoms with Crippen molar-refractivity contribution in [3.8, 4) is 17.2 Å². The van der Waals surface area contributed by atoms with E-state index in [4.69, 9.17) is 25.8 Å². The van der Waals surface area contributed by atoms with Crippen LogP contribution in [0.5, 0.6) is 17.2 Å². The van der Waals surface area contributed by atoms with Gasteiger partial charge in [0.2, 0.25) is 0 Å². The number of thiophene rings is 1. The lowest BCUT2D eigenvalue weighted by Gasteiger charge is -2.41. The minimum Gasteiger partial charge on any atom is -0.490 e. The normalized spacial score (nSPS) is 21.1. The Balaban J connectivity index is 1.47. The third-order valence-electron chi connectivity index (χ3n) is 5.71. The van der Waals surface area contributed by atoms with Crippen LogP contribution >= 0.6 is 22.9 Å². The Hall–Kier alpha value is -2.90. The highest BCUT2D eigenvalue weighted by Crippen LogP contribution is 2.51. The lowest BCUT2D eigenvalue weighted by Crippen LogP contribution is -2.57. The summed E-state index contributed by atoms with van der Waals surface area (Å²) in [5.74, 6) is 2.05. The van der Waals surface area contributed by atoms with Crippen molar-refractivity contribution >= 4 is 34.7 Å². The number of para-hydroxylation sites is 1. The summed E-state index contributed by atoms with van der Waals surface area (Å²) in [5, 5.41) is 3.23. The summed E-state index contributed by atoms with van der Waals surface area (Å²) < 4.78 is 18.2. The zero-order chi connectivity index (χ0) is 20.3. The van der Waals surface area contributed by atoms with Gasteiger partial charge in [0.25, 0.3) is 0 Å². The van der Waals surface area contributed by atoms with Crippen molar-refractivity contribution in [2.75, 3.05) is 24.7 Å². The zero-order valence-corrected chi connectivity index (χ0v) is 17.4. The van der Waals surface area contributed by atoms with Crippen molar-refractivity contribution in [1.29, 1.82) is 0 Å². The van der Waals surface area contributed by atoms with E-state index in [-0.39, 0.29) is 6.03 Å². The van der Waals surface area contributed by atoms with Gasteiger partial charge in [0.1, 0.15) is 31.1 Å². The minimum absolute atomic E-state index is 0.176. The van der Waals surface area contributed by atoms with E-state index in [9.17, 15) is 4.79 Å². The van der Waals surface area contributed by atoms with E-state index < -0.39 is 5.54 Å². The number of carbonyl (C=O) groups is 1. The Labute approximate surface area is 181 Å². The number of benzene rings is 2. The molecule has 2 amide bonds. The number of halogens is 1. The largest absolute Gasteiger partial charge is 0.490 e. The van der Waals surface area contributed by atoms with Crippen molar-refractivity contribution in [1.82, 2.24) is 5.32 Å². The van der Waals surface area contributed by atoms with Crippen LogP contribution < -0.4 is 24.4 Å². The molecule has 1 N–H and O–H groups in total.